The van der Waals surface area contributed by atoms with E-state index in [1.54, 1.807) is 28.6 Å². The van der Waals surface area contributed by atoms with Crippen LogP contribution in [0.1, 0.15) is 49.9 Å². The Morgan fingerprint density at radius 2 is 1.82 bits per heavy atom. The summed E-state index contributed by atoms with van der Waals surface area (Å²) < 4.78 is 38.8. The van der Waals surface area contributed by atoms with Crippen LogP contribution in [-0.4, -0.2) is 48.0 Å². The lowest BCUT2D eigenvalue weighted by atomic mass is 10.0. The van der Waals surface area contributed by atoms with Crippen LogP contribution in [0.25, 0.3) is 11.5 Å². The summed E-state index contributed by atoms with van der Waals surface area (Å²) in [6.45, 7) is 5.01. The average molecular weight is 485 g/mol. The van der Waals surface area contributed by atoms with Crippen molar-refractivity contribution in [1.29, 1.82) is 0 Å². The lowest BCUT2D eigenvalue weighted by molar-refractivity contribution is 0.102. The van der Waals surface area contributed by atoms with Gasteiger partial charge in [0, 0.05) is 23.7 Å². The lowest BCUT2D eigenvalue weighted by Crippen LogP contribution is -2.43. The van der Waals surface area contributed by atoms with Crippen LogP contribution in [-0.2, 0) is 10.0 Å². The molecule has 3 aromatic rings. The minimum absolute atomic E-state index is 0.0174. The number of nitrogens with zero attached hydrogens (tertiary/aromatic N) is 3. The highest BCUT2D eigenvalue weighted by atomic mass is 32.2. The van der Waals surface area contributed by atoms with Gasteiger partial charge in [0.2, 0.25) is 15.9 Å². The molecule has 0 radical (unpaired) electrons. The van der Waals surface area contributed by atoms with E-state index in [-0.39, 0.29) is 28.4 Å². The number of sulfonamides is 1. The first kappa shape index (κ1) is 23.9. The Labute approximate surface area is 199 Å². The van der Waals surface area contributed by atoms with Crippen molar-refractivity contribution in [1.82, 2.24) is 14.5 Å². The zero-order valence-electron chi connectivity index (χ0n) is 19.2. The summed E-state index contributed by atoms with van der Waals surface area (Å²) in [6.07, 6.45) is 3.56. The second-order valence-corrected chi connectivity index (χ2v) is 9.91. The van der Waals surface area contributed by atoms with Gasteiger partial charge in [-0.05, 0) is 74.7 Å². The molecule has 2 aromatic carbocycles. The summed E-state index contributed by atoms with van der Waals surface area (Å²) in [5, 5.41) is 10.4. The molecular weight excluding hydrogens is 456 g/mol. The van der Waals surface area contributed by atoms with Gasteiger partial charge >= 0.3 is 6.01 Å². The number of rotatable bonds is 8. The normalized spacial score (nSPS) is 16.8. The van der Waals surface area contributed by atoms with E-state index in [0.29, 0.717) is 18.7 Å². The van der Waals surface area contributed by atoms with E-state index in [1.165, 1.54) is 24.3 Å². The van der Waals surface area contributed by atoms with Crippen LogP contribution in [0.3, 0.4) is 0 Å². The fourth-order valence-electron chi connectivity index (χ4n) is 4.03. The Hall–Kier alpha value is -3.24. The van der Waals surface area contributed by atoms with Crippen molar-refractivity contribution in [3.05, 3.63) is 54.1 Å². The fraction of sp³-hybridized carbons (Fsp3) is 0.375. The number of amides is 1. The standard InChI is InChI=1S/C24H28N4O5S/c1-3-19-7-5-6-16-28(19)34(30,31)21-14-10-17(11-15-21)22(29)25-24-27-26-23(33-24)18-8-12-20(13-9-18)32-4-2/h8-15,19H,3-7,16H2,1-2H3,(H,25,27,29). The van der Waals surface area contributed by atoms with Gasteiger partial charge in [-0.3, -0.25) is 10.1 Å². The molecule has 2 heterocycles. The highest BCUT2D eigenvalue weighted by Crippen LogP contribution is 2.27. The molecule has 4 rings (SSSR count). The van der Waals surface area contributed by atoms with Crippen molar-refractivity contribution in [3.8, 4) is 17.2 Å². The summed E-state index contributed by atoms with van der Waals surface area (Å²) in [5.74, 6) is 0.511. The minimum Gasteiger partial charge on any atom is -0.494 e. The van der Waals surface area contributed by atoms with Gasteiger partial charge in [-0.1, -0.05) is 18.4 Å². The average Bonchev–Trinajstić information content (AvgIpc) is 3.33. The van der Waals surface area contributed by atoms with E-state index in [2.05, 4.69) is 15.5 Å². The number of carbonyl (C=O) groups is 1. The Kier molecular flexibility index (Phi) is 7.28. The van der Waals surface area contributed by atoms with Crippen LogP contribution in [0.15, 0.2) is 57.8 Å². The number of ether oxygens (including phenoxy) is 1. The molecule has 1 unspecified atom stereocenters. The summed E-state index contributed by atoms with van der Waals surface area (Å²) in [7, 11) is -3.61. The third kappa shape index (κ3) is 5.13. The maximum atomic E-state index is 13.1. The molecule has 1 saturated heterocycles. The van der Waals surface area contributed by atoms with Crippen molar-refractivity contribution in [2.75, 3.05) is 18.5 Å². The van der Waals surface area contributed by atoms with Crippen LogP contribution in [0.2, 0.25) is 0 Å². The SMILES string of the molecule is CCOc1ccc(-c2nnc(NC(=O)c3ccc(S(=O)(=O)N4CCCCC4CC)cc3)o2)cc1. The molecule has 0 spiro atoms. The molecule has 0 aliphatic carbocycles. The van der Waals surface area contributed by atoms with E-state index >= 15 is 0 Å². The van der Waals surface area contributed by atoms with Crippen LogP contribution in [0, 0.1) is 0 Å². The van der Waals surface area contributed by atoms with Gasteiger partial charge in [-0.15, -0.1) is 5.10 Å². The van der Waals surface area contributed by atoms with E-state index < -0.39 is 15.9 Å². The highest BCUT2D eigenvalue weighted by molar-refractivity contribution is 7.89. The molecule has 9 nitrogen and oxygen atoms in total. The van der Waals surface area contributed by atoms with Gasteiger partial charge in [0.1, 0.15) is 5.75 Å². The number of carbonyl (C=O) groups excluding carboxylic acids is 1. The third-order valence-corrected chi connectivity index (χ3v) is 7.79. The summed E-state index contributed by atoms with van der Waals surface area (Å²) in [4.78, 5) is 12.8. The molecule has 1 fully saturated rings. The Bertz CT molecular complexity index is 1220. The Morgan fingerprint density at radius 3 is 2.50 bits per heavy atom. The first-order valence-electron chi connectivity index (χ1n) is 11.4. The quantitative estimate of drug-likeness (QED) is 0.506. The molecular formula is C24H28N4O5S. The molecule has 10 heteroatoms. The molecule has 0 saturated carbocycles. The summed E-state index contributed by atoms with van der Waals surface area (Å²) >= 11 is 0. The van der Waals surface area contributed by atoms with Crippen LogP contribution < -0.4 is 10.1 Å². The topological polar surface area (TPSA) is 115 Å². The van der Waals surface area contributed by atoms with Crippen molar-refractivity contribution in [2.24, 2.45) is 0 Å². The lowest BCUT2D eigenvalue weighted by Gasteiger charge is -2.34. The van der Waals surface area contributed by atoms with E-state index in [9.17, 15) is 13.2 Å². The Morgan fingerprint density at radius 1 is 1.09 bits per heavy atom. The van der Waals surface area contributed by atoms with Crippen molar-refractivity contribution in [3.63, 3.8) is 0 Å². The zero-order valence-corrected chi connectivity index (χ0v) is 20.0. The van der Waals surface area contributed by atoms with Crippen LogP contribution in [0.5, 0.6) is 5.75 Å². The van der Waals surface area contributed by atoms with Gasteiger partial charge in [-0.2, -0.15) is 4.31 Å². The van der Waals surface area contributed by atoms with E-state index in [0.717, 1.165) is 31.4 Å². The molecule has 0 bridgehead atoms. The number of hydrogen-bond acceptors (Lipinski definition) is 7. The van der Waals surface area contributed by atoms with Crippen molar-refractivity contribution in [2.45, 2.75) is 50.5 Å². The van der Waals surface area contributed by atoms with Gasteiger partial charge in [0.15, 0.2) is 0 Å². The molecule has 1 aliphatic rings. The number of benzene rings is 2. The Balaban J connectivity index is 1.43. The molecule has 1 aliphatic heterocycles. The maximum Gasteiger partial charge on any atom is 0.322 e. The zero-order chi connectivity index (χ0) is 24.1. The van der Waals surface area contributed by atoms with E-state index in [1.807, 2.05) is 13.8 Å². The molecule has 1 N–H and O–H groups in total. The van der Waals surface area contributed by atoms with Gasteiger partial charge < -0.3 is 9.15 Å². The smallest absolute Gasteiger partial charge is 0.322 e. The molecule has 180 valence electrons. The maximum absolute atomic E-state index is 13.1. The van der Waals surface area contributed by atoms with Gasteiger partial charge in [0.05, 0.1) is 11.5 Å². The second-order valence-electron chi connectivity index (χ2n) is 8.02. The predicted molar refractivity (Wildman–Crippen MR) is 127 cm³/mol. The summed E-state index contributed by atoms with van der Waals surface area (Å²) in [6, 6.07) is 13.0. The van der Waals surface area contributed by atoms with Crippen molar-refractivity contribution >= 4 is 21.9 Å². The fourth-order valence-corrected chi connectivity index (χ4v) is 5.80. The largest absolute Gasteiger partial charge is 0.494 e. The number of piperidine rings is 1. The molecule has 1 amide bonds. The summed E-state index contributed by atoms with van der Waals surface area (Å²) in [5.41, 5.74) is 0.972. The van der Waals surface area contributed by atoms with Crippen LogP contribution >= 0.6 is 0 Å². The molecule has 1 atom stereocenters. The van der Waals surface area contributed by atoms with Crippen molar-refractivity contribution < 1.29 is 22.4 Å². The number of anilines is 1. The first-order valence-corrected chi connectivity index (χ1v) is 12.9. The monoisotopic (exact) mass is 484 g/mol. The van der Waals surface area contributed by atoms with Gasteiger partial charge in [0.25, 0.3) is 5.91 Å². The molecule has 34 heavy (non-hydrogen) atoms. The predicted octanol–water partition coefficient (Wildman–Crippen LogP) is 4.34. The van der Waals surface area contributed by atoms with Crippen LogP contribution in [0.4, 0.5) is 6.01 Å². The van der Waals surface area contributed by atoms with Gasteiger partial charge in [-0.25, -0.2) is 8.42 Å². The minimum atomic E-state index is -3.61. The third-order valence-electron chi connectivity index (χ3n) is 5.83. The second kappa shape index (κ2) is 10.4. The number of hydrogen-bond donors (Lipinski definition) is 1. The molecule has 1 aromatic heterocycles. The highest BCUT2D eigenvalue weighted by Gasteiger charge is 2.32. The first-order chi connectivity index (χ1) is 16.4. The van der Waals surface area contributed by atoms with E-state index in [4.69, 9.17) is 9.15 Å². The number of aromatic nitrogens is 2. The number of nitrogens with one attached hydrogen (secondary N) is 1.